The zero-order chi connectivity index (χ0) is 21.0. The molecule has 3 atom stereocenters. The van der Waals surface area contributed by atoms with Crippen LogP contribution in [0.2, 0.25) is 0 Å². The summed E-state index contributed by atoms with van der Waals surface area (Å²) in [4.78, 5) is 58.7. The van der Waals surface area contributed by atoms with Gasteiger partial charge in [-0.2, -0.15) is 0 Å². The molecule has 13 heteroatoms. The quantitative estimate of drug-likeness (QED) is 0.157. The molecular formula is C16H21N3NaO8S+. The maximum absolute atomic E-state index is 12.4. The van der Waals surface area contributed by atoms with Gasteiger partial charge >= 0.3 is 47.5 Å². The number of hydrogen-bond acceptors (Lipinski definition) is 8. The van der Waals surface area contributed by atoms with Crippen molar-refractivity contribution in [2.24, 2.45) is 5.73 Å². The van der Waals surface area contributed by atoms with Crippen LogP contribution in [0.5, 0.6) is 0 Å². The van der Waals surface area contributed by atoms with Crippen molar-refractivity contribution in [3.63, 3.8) is 0 Å². The number of carboxylic acid groups (broad SMARTS) is 2. The van der Waals surface area contributed by atoms with Gasteiger partial charge < -0.3 is 26.0 Å². The minimum atomic E-state index is -1.31. The predicted molar refractivity (Wildman–Crippen MR) is 95.8 cm³/mol. The summed E-state index contributed by atoms with van der Waals surface area (Å²) in [5.41, 5.74) is 5.44. The van der Waals surface area contributed by atoms with Gasteiger partial charge in [-0.05, 0) is 12.8 Å². The normalized spacial score (nSPS) is 21.3. The molecule has 5 N–H and O–H groups in total. The SMILES string of the molecule is CC(=O)OCC1=C(C(=O)O)N2C(=O)[C@@H](NC(=O)CCCC(N)C(=O)O)[C@H]2SC1.[Na+]. The van der Waals surface area contributed by atoms with Crippen molar-refractivity contribution in [1.82, 2.24) is 10.2 Å². The molecule has 1 unspecified atom stereocenters. The summed E-state index contributed by atoms with van der Waals surface area (Å²) in [6.45, 7) is 0.977. The molecule has 0 bridgehead atoms. The molecule has 2 rings (SSSR count). The first-order valence-electron chi connectivity index (χ1n) is 8.44. The van der Waals surface area contributed by atoms with Crippen LogP contribution in [0.3, 0.4) is 0 Å². The zero-order valence-electron chi connectivity index (χ0n) is 16.0. The summed E-state index contributed by atoms with van der Waals surface area (Å²) >= 11 is 1.26. The standard InChI is InChI=1S/C16H21N3O8S.Na/c1-7(20)27-5-8-6-28-14-11(13(22)19(14)12(8)16(25)26)18-10(21)4-2-3-9(17)15(23)24;/h9,11,14H,2-6,17H2,1H3,(H,18,21)(H,23,24)(H,25,26);/q;+1/t9?,11-,14-;/m1./s1. The van der Waals surface area contributed by atoms with Crippen molar-refractivity contribution >= 4 is 41.5 Å². The van der Waals surface area contributed by atoms with E-state index in [0.717, 1.165) is 4.90 Å². The van der Waals surface area contributed by atoms with E-state index < -0.39 is 47.2 Å². The van der Waals surface area contributed by atoms with E-state index in [0.29, 0.717) is 5.57 Å². The van der Waals surface area contributed by atoms with Crippen molar-refractivity contribution in [1.29, 1.82) is 0 Å². The number of aliphatic carboxylic acids is 2. The van der Waals surface area contributed by atoms with Gasteiger partial charge in [-0.25, -0.2) is 4.79 Å². The Kier molecular flexibility index (Phi) is 9.62. The molecular weight excluding hydrogens is 417 g/mol. The number of hydrogen-bond donors (Lipinski definition) is 4. The van der Waals surface area contributed by atoms with Gasteiger partial charge in [0.15, 0.2) is 0 Å². The van der Waals surface area contributed by atoms with Crippen molar-refractivity contribution < 1.29 is 68.5 Å². The number of nitrogens with two attached hydrogens (primary N) is 1. The van der Waals surface area contributed by atoms with Crippen molar-refractivity contribution in [3.05, 3.63) is 11.3 Å². The van der Waals surface area contributed by atoms with Gasteiger partial charge in [-0.1, -0.05) is 0 Å². The molecule has 2 heterocycles. The Hall–Kier alpha value is -1.60. The first-order chi connectivity index (χ1) is 13.1. The van der Waals surface area contributed by atoms with E-state index >= 15 is 0 Å². The molecule has 0 aromatic carbocycles. The number of fused-ring (bicyclic) bond motifs is 1. The number of amides is 2. The summed E-state index contributed by atoms with van der Waals surface area (Å²) in [5.74, 6) is -3.79. The number of esters is 1. The van der Waals surface area contributed by atoms with Crippen LogP contribution in [-0.2, 0) is 28.7 Å². The molecule has 1 fully saturated rings. The van der Waals surface area contributed by atoms with Crippen molar-refractivity contribution in [2.45, 2.75) is 43.6 Å². The molecule has 0 aliphatic carbocycles. The van der Waals surface area contributed by atoms with E-state index in [1.807, 2.05) is 0 Å². The second-order valence-corrected chi connectivity index (χ2v) is 7.43. The van der Waals surface area contributed by atoms with Gasteiger partial charge in [-0.15, -0.1) is 11.8 Å². The molecule has 0 aromatic rings. The van der Waals surface area contributed by atoms with Crippen LogP contribution in [0.1, 0.15) is 26.2 Å². The van der Waals surface area contributed by atoms with Crippen molar-refractivity contribution in [3.8, 4) is 0 Å². The Morgan fingerprint density at radius 2 is 2.00 bits per heavy atom. The van der Waals surface area contributed by atoms with Crippen LogP contribution in [0.25, 0.3) is 0 Å². The summed E-state index contributed by atoms with van der Waals surface area (Å²) < 4.78 is 4.84. The van der Waals surface area contributed by atoms with Crippen LogP contribution >= 0.6 is 11.8 Å². The molecule has 0 saturated carbocycles. The minimum Gasteiger partial charge on any atom is -0.480 e. The largest absolute Gasteiger partial charge is 1.00 e. The van der Waals surface area contributed by atoms with Gasteiger partial charge in [0.2, 0.25) is 5.91 Å². The first-order valence-corrected chi connectivity index (χ1v) is 9.49. The predicted octanol–water partition coefficient (Wildman–Crippen LogP) is -4.13. The maximum atomic E-state index is 12.4. The van der Waals surface area contributed by atoms with Crippen LogP contribution in [0.15, 0.2) is 11.3 Å². The topological polar surface area (TPSA) is 176 Å². The van der Waals surface area contributed by atoms with E-state index in [4.69, 9.17) is 15.6 Å². The summed E-state index contributed by atoms with van der Waals surface area (Å²) in [5, 5.41) is 20.1. The fourth-order valence-electron chi connectivity index (χ4n) is 2.83. The number of thioether (sulfide) groups is 1. The zero-order valence-corrected chi connectivity index (χ0v) is 18.9. The van der Waals surface area contributed by atoms with E-state index in [9.17, 15) is 29.1 Å². The third-order valence-electron chi connectivity index (χ3n) is 4.25. The number of rotatable bonds is 9. The van der Waals surface area contributed by atoms with Crippen molar-refractivity contribution in [2.75, 3.05) is 12.4 Å². The van der Waals surface area contributed by atoms with E-state index in [1.165, 1.54) is 18.7 Å². The number of β-lactam (4-membered cyclic amide) rings is 1. The minimum absolute atomic E-state index is 0. The van der Waals surface area contributed by atoms with E-state index in [1.54, 1.807) is 0 Å². The van der Waals surface area contributed by atoms with Gasteiger partial charge in [-0.3, -0.25) is 24.1 Å². The van der Waals surface area contributed by atoms with Gasteiger partial charge in [0.25, 0.3) is 5.91 Å². The van der Waals surface area contributed by atoms with Gasteiger partial charge in [0.1, 0.15) is 29.8 Å². The number of nitrogens with zero attached hydrogens (tertiary/aromatic N) is 1. The Bertz CT molecular complexity index is 744. The molecule has 2 aliphatic heterocycles. The molecule has 154 valence electrons. The fraction of sp³-hybridized carbons (Fsp3) is 0.562. The molecule has 29 heavy (non-hydrogen) atoms. The monoisotopic (exact) mass is 438 g/mol. The number of carbonyl (C=O) groups is 5. The molecule has 11 nitrogen and oxygen atoms in total. The average molecular weight is 438 g/mol. The van der Waals surface area contributed by atoms with Crippen LogP contribution in [-0.4, -0.2) is 74.7 Å². The third kappa shape index (κ3) is 6.19. The number of carbonyl (C=O) groups excluding carboxylic acids is 3. The molecule has 2 amide bonds. The molecule has 0 aromatic heterocycles. The smallest absolute Gasteiger partial charge is 0.480 e. The third-order valence-corrected chi connectivity index (χ3v) is 5.59. The Morgan fingerprint density at radius 3 is 2.55 bits per heavy atom. The molecule has 2 aliphatic rings. The Balaban J connectivity index is 0.00000420. The molecule has 0 radical (unpaired) electrons. The van der Waals surface area contributed by atoms with Crippen LogP contribution in [0.4, 0.5) is 0 Å². The average Bonchev–Trinajstić information content (AvgIpc) is 2.62. The van der Waals surface area contributed by atoms with E-state index in [2.05, 4.69) is 5.32 Å². The van der Waals surface area contributed by atoms with Crippen LogP contribution < -0.4 is 40.6 Å². The Morgan fingerprint density at radius 1 is 1.34 bits per heavy atom. The fourth-order valence-corrected chi connectivity index (χ4v) is 4.16. The summed E-state index contributed by atoms with van der Waals surface area (Å²) in [6, 6.07) is -1.92. The van der Waals surface area contributed by atoms with Gasteiger partial charge in [0, 0.05) is 24.7 Å². The maximum Gasteiger partial charge on any atom is 1.00 e. The summed E-state index contributed by atoms with van der Waals surface area (Å²) in [7, 11) is 0. The summed E-state index contributed by atoms with van der Waals surface area (Å²) in [6.07, 6.45) is 0.368. The number of ether oxygens (including phenoxy) is 1. The molecule has 1 saturated heterocycles. The van der Waals surface area contributed by atoms with Crippen LogP contribution in [0, 0.1) is 0 Å². The second kappa shape index (κ2) is 11.0. The second-order valence-electron chi connectivity index (χ2n) is 6.33. The molecule has 0 spiro atoms. The number of carboxylic acids is 2. The van der Waals surface area contributed by atoms with E-state index in [-0.39, 0.29) is 66.9 Å². The number of nitrogens with one attached hydrogen (secondary N) is 1. The Labute approximate surface area is 192 Å². The first kappa shape index (κ1) is 25.4. The van der Waals surface area contributed by atoms with Gasteiger partial charge in [0.05, 0.1) is 0 Å².